The minimum Gasteiger partial charge on any atom is -0.478 e. The fourth-order valence-corrected chi connectivity index (χ4v) is 3.50. The number of nitrogens with one attached hydrogen (secondary N) is 2. The number of carbonyl (C=O) groups is 4. The van der Waals surface area contributed by atoms with E-state index in [0.29, 0.717) is 22.1 Å². The summed E-state index contributed by atoms with van der Waals surface area (Å²) in [5.74, 6) is -2.28. The molecule has 33 heavy (non-hydrogen) atoms. The van der Waals surface area contributed by atoms with Gasteiger partial charge in [-0.15, -0.1) is 0 Å². The third-order valence-corrected chi connectivity index (χ3v) is 5.05. The standard InChI is InChI=1S/C23H17ClN4O5/c24-15-5-2-6-16(11-15)25-20(29)13-28-21(30)19(26-23(28)33)12-18-8-3-9-27(18)17-7-1-4-14(10-17)22(31)32/h1-12H,13H2,(H,25,29)(H,26,33)(H,31,32)/b19-12-. The van der Waals surface area contributed by atoms with Crippen LogP contribution in [0.4, 0.5) is 10.5 Å². The minimum absolute atomic E-state index is 0.00936. The molecule has 1 aliphatic rings. The fraction of sp³-hybridized carbons (Fsp3) is 0.0435. The van der Waals surface area contributed by atoms with Crippen LogP contribution in [0, 0.1) is 0 Å². The highest BCUT2D eigenvalue weighted by atomic mass is 35.5. The summed E-state index contributed by atoms with van der Waals surface area (Å²) in [6.45, 7) is -0.476. The summed E-state index contributed by atoms with van der Waals surface area (Å²) in [4.78, 5) is 49.5. The molecular formula is C23H17ClN4O5. The highest BCUT2D eigenvalue weighted by Gasteiger charge is 2.35. The molecule has 0 aliphatic carbocycles. The number of benzene rings is 2. The van der Waals surface area contributed by atoms with Crippen LogP contribution in [-0.4, -0.2) is 44.9 Å². The number of rotatable bonds is 6. The molecule has 1 aromatic heterocycles. The first-order valence-corrected chi connectivity index (χ1v) is 10.1. The van der Waals surface area contributed by atoms with Crippen LogP contribution in [0.25, 0.3) is 11.8 Å². The number of anilines is 1. The van der Waals surface area contributed by atoms with E-state index in [1.54, 1.807) is 59.3 Å². The molecule has 2 heterocycles. The molecule has 9 nitrogen and oxygen atoms in total. The number of halogens is 1. The van der Waals surface area contributed by atoms with Crippen molar-refractivity contribution in [1.29, 1.82) is 0 Å². The number of aromatic nitrogens is 1. The number of imide groups is 1. The molecule has 10 heteroatoms. The Labute approximate surface area is 192 Å². The third kappa shape index (κ3) is 4.78. The predicted octanol–water partition coefficient (Wildman–Crippen LogP) is 3.36. The normalized spacial score (nSPS) is 14.5. The van der Waals surface area contributed by atoms with Crippen LogP contribution in [0.2, 0.25) is 5.02 Å². The van der Waals surface area contributed by atoms with Crippen LogP contribution in [0.3, 0.4) is 0 Å². The van der Waals surface area contributed by atoms with Gasteiger partial charge < -0.3 is 20.3 Å². The zero-order chi connectivity index (χ0) is 23.5. The van der Waals surface area contributed by atoms with Gasteiger partial charge in [0, 0.05) is 28.3 Å². The number of aromatic carboxylic acids is 1. The van der Waals surface area contributed by atoms with E-state index in [1.807, 2.05) is 0 Å². The molecule has 1 fully saturated rings. The maximum atomic E-state index is 12.8. The second-order valence-electron chi connectivity index (χ2n) is 7.10. The lowest BCUT2D eigenvalue weighted by atomic mass is 10.2. The van der Waals surface area contributed by atoms with E-state index < -0.39 is 30.4 Å². The molecule has 0 saturated carbocycles. The summed E-state index contributed by atoms with van der Waals surface area (Å²) < 4.78 is 1.67. The number of carbonyl (C=O) groups excluding carboxylic acids is 3. The average molecular weight is 465 g/mol. The van der Waals surface area contributed by atoms with Crippen LogP contribution < -0.4 is 10.6 Å². The van der Waals surface area contributed by atoms with E-state index >= 15 is 0 Å². The monoisotopic (exact) mass is 464 g/mol. The molecule has 0 spiro atoms. The molecule has 0 bridgehead atoms. The lowest BCUT2D eigenvalue weighted by Crippen LogP contribution is -2.38. The largest absolute Gasteiger partial charge is 0.478 e. The van der Waals surface area contributed by atoms with Crippen LogP contribution >= 0.6 is 11.6 Å². The smallest absolute Gasteiger partial charge is 0.335 e. The van der Waals surface area contributed by atoms with Gasteiger partial charge in [0.2, 0.25) is 5.91 Å². The Bertz CT molecular complexity index is 1310. The Morgan fingerprint density at radius 3 is 2.61 bits per heavy atom. The van der Waals surface area contributed by atoms with Crippen LogP contribution in [-0.2, 0) is 9.59 Å². The van der Waals surface area contributed by atoms with Crippen LogP contribution in [0.5, 0.6) is 0 Å². The molecule has 4 rings (SSSR count). The van der Waals surface area contributed by atoms with E-state index in [1.165, 1.54) is 18.2 Å². The topological polar surface area (TPSA) is 121 Å². The Morgan fingerprint density at radius 2 is 1.85 bits per heavy atom. The number of urea groups is 1. The van der Waals surface area contributed by atoms with E-state index in [-0.39, 0.29) is 11.3 Å². The number of carboxylic acid groups (broad SMARTS) is 1. The van der Waals surface area contributed by atoms with Crippen molar-refractivity contribution < 1.29 is 24.3 Å². The summed E-state index contributed by atoms with van der Waals surface area (Å²) in [6, 6.07) is 15.5. The molecule has 1 saturated heterocycles. The van der Waals surface area contributed by atoms with Crippen molar-refractivity contribution in [2.24, 2.45) is 0 Å². The van der Waals surface area contributed by atoms with Crippen molar-refractivity contribution in [3.05, 3.63) is 88.8 Å². The molecule has 0 atom stereocenters. The van der Waals surface area contributed by atoms with Crippen molar-refractivity contribution in [3.8, 4) is 5.69 Å². The van der Waals surface area contributed by atoms with Gasteiger partial charge in [0.1, 0.15) is 12.2 Å². The van der Waals surface area contributed by atoms with Gasteiger partial charge in [-0.3, -0.25) is 9.59 Å². The van der Waals surface area contributed by atoms with E-state index in [0.717, 1.165) is 4.90 Å². The molecule has 0 unspecified atom stereocenters. The lowest BCUT2D eigenvalue weighted by molar-refractivity contribution is -0.127. The van der Waals surface area contributed by atoms with Crippen molar-refractivity contribution in [1.82, 2.24) is 14.8 Å². The van der Waals surface area contributed by atoms with Gasteiger partial charge in [-0.1, -0.05) is 23.7 Å². The van der Waals surface area contributed by atoms with Crippen LogP contribution in [0.1, 0.15) is 16.1 Å². The van der Waals surface area contributed by atoms with Gasteiger partial charge in [0.15, 0.2) is 0 Å². The van der Waals surface area contributed by atoms with Gasteiger partial charge in [0.25, 0.3) is 5.91 Å². The molecular weight excluding hydrogens is 448 g/mol. The van der Waals surface area contributed by atoms with E-state index in [4.69, 9.17) is 11.6 Å². The Balaban J connectivity index is 1.52. The van der Waals surface area contributed by atoms with Gasteiger partial charge in [-0.05, 0) is 54.6 Å². The fourth-order valence-electron chi connectivity index (χ4n) is 3.31. The van der Waals surface area contributed by atoms with Gasteiger partial charge in [-0.2, -0.15) is 0 Å². The SMILES string of the molecule is O=C(CN1C(=O)N/C(=C\c2cccn2-c2cccc(C(=O)O)c2)C1=O)Nc1cccc(Cl)c1. The number of carboxylic acids is 1. The second-order valence-corrected chi connectivity index (χ2v) is 7.53. The van der Waals surface area contributed by atoms with Crippen LogP contribution in [0.15, 0.2) is 72.6 Å². The van der Waals surface area contributed by atoms with Crippen molar-refractivity contribution in [2.75, 3.05) is 11.9 Å². The van der Waals surface area contributed by atoms with E-state index in [9.17, 15) is 24.3 Å². The predicted molar refractivity (Wildman–Crippen MR) is 121 cm³/mol. The number of nitrogens with zero attached hydrogens (tertiary/aromatic N) is 2. The second kappa shape index (κ2) is 9.01. The van der Waals surface area contributed by atoms with Crippen molar-refractivity contribution in [2.45, 2.75) is 0 Å². The Morgan fingerprint density at radius 1 is 1.06 bits per heavy atom. The highest BCUT2D eigenvalue weighted by molar-refractivity contribution is 6.30. The molecule has 166 valence electrons. The summed E-state index contributed by atoms with van der Waals surface area (Å²) in [6.07, 6.45) is 3.16. The zero-order valence-corrected chi connectivity index (χ0v) is 17.7. The maximum absolute atomic E-state index is 12.8. The average Bonchev–Trinajstić information content (AvgIpc) is 3.34. The number of hydrogen-bond donors (Lipinski definition) is 3. The maximum Gasteiger partial charge on any atom is 0.335 e. The first-order valence-electron chi connectivity index (χ1n) is 9.73. The molecule has 0 radical (unpaired) electrons. The Kier molecular flexibility index (Phi) is 5.97. The first kappa shape index (κ1) is 21.8. The van der Waals surface area contributed by atoms with Gasteiger partial charge >= 0.3 is 12.0 Å². The first-order chi connectivity index (χ1) is 15.8. The van der Waals surface area contributed by atoms with Crippen molar-refractivity contribution >= 4 is 47.2 Å². The lowest BCUT2D eigenvalue weighted by Gasteiger charge is -2.12. The molecule has 3 N–H and O–H groups in total. The molecule has 1 aliphatic heterocycles. The molecule has 2 aromatic carbocycles. The summed E-state index contributed by atoms with van der Waals surface area (Å²) in [7, 11) is 0. The summed E-state index contributed by atoms with van der Waals surface area (Å²) in [5.41, 5.74) is 1.65. The van der Waals surface area contributed by atoms with Crippen molar-refractivity contribution in [3.63, 3.8) is 0 Å². The minimum atomic E-state index is -1.06. The third-order valence-electron chi connectivity index (χ3n) is 4.82. The van der Waals surface area contributed by atoms with Gasteiger partial charge in [-0.25, -0.2) is 14.5 Å². The summed E-state index contributed by atoms with van der Waals surface area (Å²) in [5, 5.41) is 14.7. The number of hydrogen-bond acceptors (Lipinski definition) is 4. The zero-order valence-electron chi connectivity index (χ0n) is 17.0. The molecule has 3 aromatic rings. The van der Waals surface area contributed by atoms with E-state index in [2.05, 4.69) is 10.6 Å². The van der Waals surface area contributed by atoms with Gasteiger partial charge in [0.05, 0.1) is 5.56 Å². The highest BCUT2D eigenvalue weighted by Crippen LogP contribution is 2.20. The Hall–Kier alpha value is -4.37. The quantitative estimate of drug-likeness (QED) is 0.381. The number of amides is 4. The summed E-state index contributed by atoms with van der Waals surface area (Å²) >= 11 is 5.89. The molecule has 4 amide bonds.